The van der Waals surface area contributed by atoms with E-state index in [1.807, 2.05) is 36.7 Å². The maximum atomic E-state index is 11.7. The summed E-state index contributed by atoms with van der Waals surface area (Å²) in [7, 11) is 0. The molecule has 0 radical (unpaired) electrons. The Hall–Kier alpha value is -2.30. The molecule has 0 saturated carbocycles. The standard InChI is InChI=1S/C15H19N3O2/c1-4-20-15(19)13-7-5-6-12(8-13)9-18-11(3)14(16)10(2)17-18/h5-8H,4,9,16H2,1-3H3. The Morgan fingerprint density at radius 1 is 1.40 bits per heavy atom. The molecule has 5 heteroatoms. The van der Waals surface area contributed by atoms with Gasteiger partial charge in [0, 0.05) is 0 Å². The van der Waals surface area contributed by atoms with Crippen molar-refractivity contribution in [2.75, 3.05) is 12.3 Å². The molecule has 0 fully saturated rings. The molecule has 0 spiro atoms. The van der Waals surface area contributed by atoms with Gasteiger partial charge in [0.05, 0.1) is 35.8 Å². The van der Waals surface area contributed by atoms with E-state index in [4.69, 9.17) is 10.5 Å². The van der Waals surface area contributed by atoms with E-state index < -0.39 is 0 Å². The predicted molar refractivity (Wildman–Crippen MR) is 77.6 cm³/mol. The number of esters is 1. The minimum absolute atomic E-state index is 0.303. The van der Waals surface area contributed by atoms with E-state index in [1.165, 1.54) is 0 Å². The molecule has 0 aliphatic heterocycles. The fourth-order valence-electron chi connectivity index (χ4n) is 2.05. The van der Waals surface area contributed by atoms with Crippen molar-refractivity contribution in [3.05, 3.63) is 46.8 Å². The zero-order valence-electron chi connectivity index (χ0n) is 12.0. The molecule has 2 N–H and O–H groups in total. The van der Waals surface area contributed by atoms with Crippen LogP contribution in [0.3, 0.4) is 0 Å². The van der Waals surface area contributed by atoms with Crippen LogP contribution in [0.4, 0.5) is 5.69 Å². The Morgan fingerprint density at radius 2 is 2.15 bits per heavy atom. The zero-order valence-corrected chi connectivity index (χ0v) is 12.0. The molecule has 0 bridgehead atoms. The molecular formula is C15H19N3O2. The van der Waals surface area contributed by atoms with E-state index in [9.17, 15) is 4.79 Å². The summed E-state index contributed by atoms with van der Waals surface area (Å²) < 4.78 is 6.84. The molecular weight excluding hydrogens is 254 g/mol. The number of hydrogen-bond acceptors (Lipinski definition) is 4. The third-order valence-electron chi connectivity index (χ3n) is 3.21. The number of benzene rings is 1. The first-order chi connectivity index (χ1) is 9.52. The highest BCUT2D eigenvalue weighted by Crippen LogP contribution is 2.17. The monoisotopic (exact) mass is 273 g/mol. The third-order valence-corrected chi connectivity index (χ3v) is 3.21. The highest BCUT2D eigenvalue weighted by Gasteiger charge is 2.10. The quantitative estimate of drug-likeness (QED) is 0.868. The van der Waals surface area contributed by atoms with Gasteiger partial charge in [0.15, 0.2) is 0 Å². The van der Waals surface area contributed by atoms with Crippen molar-refractivity contribution in [2.24, 2.45) is 0 Å². The number of anilines is 1. The number of nitrogens with zero attached hydrogens (tertiary/aromatic N) is 2. The lowest BCUT2D eigenvalue weighted by Crippen LogP contribution is -2.08. The van der Waals surface area contributed by atoms with Gasteiger partial charge in [0.25, 0.3) is 0 Å². The zero-order chi connectivity index (χ0) is 14.7. The number of carbonyl (C=O) groups excluding carboxylic acids is 1. The number of carbonyl (C=O) groups is 1. The largest absolute Gasteiger partial charge is 0.462 e. The van der Waals surface area contributed by atoms with E-state index in [0.717, 1.165) is 17.0 Å². The summed E-state index contributed by atoms with van der Waals surface area (Å²) in [5.74, 6) is -0.303. The highest BCUT2D eigenvalue weighted by atomic mass is 16.5. The van der Waals surface area contributed by atoms with Gasteiger partial charge in [-0.15, -0.1) is 0 Å². The normalized spacial score (nSPS) is 10.6. The molecule has 106 valence electrons. The number of aromatic nitrogens is 2. The Morgan fingerprint density at radius 3 is 2.75 bits per heavy atom. The summed E-state index contributed by atoms with van der Waals surface area (Å²) in [4.78, 5) is 11.7. The number of nitrogens with two attached hydrogens (primary N) is 1. The molecule has 1 aromatic carbocycles. The van der Waals surface area contributed by atoms with E-state index in [1.54, 1.807) is 13.0 Å². The van der Waals surface area contributed by atoms with Crippen LogP contribution in [-0.2, 0) is 11.3 Å². The van der Waals surface area contributed by atoms with Crippen LogP contribution in [0, 0.1) is 13.8 Å². The highest BCUT2D eigenvalue weighted by molar-refractivity contribution is 5.89. The first-order valence-electron chi connectivity index (χ1n) is 6.58. The van der Waals surface area contributed by atoms with Gasteiger partial charge >= 0.3 is 5.97 Å². The summed E-state index contributed by atoms with van der Waals surface area (Å²) >= 11 is 0. The maximum Gasteiger partial charge on any atom is 0.338 e. The molecule has 5 nitrogen and oxygen atoms in total. The van der Waals surface area contributed by atoms with Crippen LogP contribution >= 0.6 is 0 Å². The van der Waals surface area contributed by atoms with Gasteiger partial charge in [-0.25, -0.2) is 4.79 Å². The molecule has 0 saturated heterocycles. The topological polar surface area (TPSA) is 70.1 Å². The number of nitrogen functional groups attached to an aromatic ring is 1. The smallest absolute Gasteiger partial charge is 0.338 e. The van der Waals surface area contributed by atoms with Crippen LogP contribution in [0.1, 0.15) is 34.2 Å². The minimum Gasteiger partial charge on any atom is -0.462 e. The molecule has 20 heavy (non-hydrogen) atoms. The first kappa shape index (κ1) is 14.1. The number of ether oxygens (including phenoxy) is 1. The second-order valence-corrected chi connectivity index (χ2v) is 4.66. The van der Waals surface area contributed by atoms with Gasteiger partial charge in [-0.2, -0.15) is 5.10 Å². The van der Waals surface area contributed by atoms with Crippen LogP contribution < -0.4 is 5.73 Å². The molecule has 1 heterocycles. The van der Waals surface area contributed by atoms with E-state index in [2.05, 4.69) is 5.10 Å². The van der Waals surface area contributed by atoms with Crippen molar-refractivity contribution in [3.8, 4) is 0 Å². The SMILES string of the molecule is CCOC(=O)c1cccc(Cn2nc(C)c(N)c2C)c1. The average Bonchev–Trinajstić information content (AvgIpc) is 2.67. The van der Waals surface area contributed by atoms with Crippen LogP contribution in [-0.4, -0.2) is 22.4 Å². The maximum absolute atomic E-state index is 11.7. The van der Waals surface area contributed by atoms with Crippen LogP contribution in [0.25, 0.3) is 0 Å². The summed E-state index contributed by atoms with van der Waals surface area (Å²) in [6.07, 6.45) is 0. The van der Waals surface area contributed by atoms with Crippen molar-refractivity contribution < 1.29 is 9.53 Å². The molecule has 2 aromatic rings. The Balaban J connectivity index is 2.23. The third kappa shape index (κ3) is 2.82. The van der Waals surface area contributed by atoms with Gasteiger partial charge in [0.1, 0.15) is 0 Å². The van der Waals surface area contributed by atoms with Crippen molar-refractivity contribution in [1.82, 2.24) is 9.78 Å². The molecule has 0 aliphatic rings. The second kappa shape index (κ2) is 5.77. The summed E-state index contributed by atoms with van der Waals surface area (Å²) in [6.45, 7) is 6.56. The number of rotatable bonds is 4. The summed E-state index contributed by atoms with van der Waals surface area (Å²) in [5.41, 5.74) is 9.93. The van der Waals surface area contributed by atoms with Crippen molar-refractivity contribution in [3.63, 3.8) is 0 Å². The Labute approximate surface area is 118 Å². The van der Waals surface area contributed by atoms with Crippen LogP contribution in [0.2, 0.25) is 0 Å². The fraction of sp³-hybridized carbons (Fsp3) is 0.333. The van der Waals surface area contributed by atoms with Crippen LogP contribution in [0.5, 0.6) is 0 Å². The van der Waals surface area contributed by atoms with E-state index in [-0.39, 0.29) is 5.97 Å². The average molecular weight is 273 g/mol. The lowest BCUT2D eigenvalue weighted by molar-refractivity contribution is 0.0526. The Kier molecular flexibility index (Phi) is 4.08. The number of aryl methyl sites for hydroxylation is 1. The Bertz CT molecular complexity index is 632. The summed E-state index contributed by atoms with van der Waals surface area (Å²) in [5, 5.41) is 4.39. The van der Waals surface area contributed by atoms with Gasteiger partial charge < -0.3 is 10.5 Å². The molecule has 0 unspecified atom stereocenters. The lowest BCUT2D eigenvalue weighted by atomic mass is 10.1. The van der Waals surface area contributed by atoms with Crippen molar-refractivity contribution in [2.45, 2.75) is 27.3 Å². The molecule has 0 atom stereocenters. The first-order valence-corrected chi connectivity index (χ1v) is 6.58. The van der Waals surface area contributed by atoms with Crippen LogP contribution in [0.15, 0.2) is 24.3 Å². The van der Waals surface area contributed by atoms with Gasteiger partial charge in [-0.1, -0.05) is 12.1 Å². The minimum atomic E-state index is -0.303. The fourth-order valence-corrected chi connectivity index (χ4v) is 2.05. The predicted octanol–water partition coefficient (Wildman–Crippen LogP) is 2.31. The van der Waals surface area contributed by atoms with Gasteiger partial charge in [-0.3, -0.25) is 4.68 Å². The molecule has 0 aliphatic carbocycles. The van der Waals surface area contributed by atoms with Crippen molar-refractivity contribution >= 4 is 11.7 Å². The molecule has 2 rings (SSSR count). The molecule has 0 amide bonds. The van der Waals surface area contributed by atoms with E-state index in [0.29, 0.717) is 24.4 Å². The van der Waals surface area contributed by atoms with E-state index >= 15 is 0 Å². The van der Waals surface area contributed by atoms with Gasteiger partial charge in [-0.05, 0) is 38.5 Å². The second-order valence-electron chi connectivity index (χ2n) is 4.66. The summed E-state index contributed by atoms with van der Waals surface area (Å²) in [6, 6.07) is 7.37. The number of hydrogen-bond donors (Lipinski definition) is 1. The molecule has 1 aromatic heterocycles. The lowest BCUT2D eigenvalue weighted by Gasteiger charge is -2.07. The van der Waals surface area contributed by atoms with Crippen molar-refractivity contribution in [1.29, 1.82) is 0 Å². The van der Waals surface area contributed by atoms with Gasteiger partial charge in [0.2, 0.25) is 0 Å².